The van der Waals surface area contributed by atoms with Crippen molar-refractivity contribution in [1.29, 1.82) is 5.26 Å². The Hall–Kier alpha value is -2.24. The molecular weight excluding hydrogens is 180 g/mol. The highest BCUT2D eigenvalue weighted by Gasteiger charge is 2.08. The number of nitriles is 1. The van der Waals surface area contributed by atoms with Gasteiger partial charge >= 0.3 is 0 Å². The summed E-state index contributed by atoms with van der Waals surface area (Å²) < 4.78 is 0.959. The van der Waals surface area contributed by atoms with Crippen molar-refractivity contribution in [1.82, 2.24) is 4.57 Å². The minimum atomic E-state index is -0.471. The van der Waals surface area contributed by atoms with Gasteiger partial charge in [0.25, 0.3) is 5.56 Å². The van der Waals surface area contributed by atoms with Crippen LogP contribution in [0.1, 0.15) is 5.56 Å². The Labute approximate surface area is 80.0 Å². The molecule has 0 unspecified atom stereocenters. The molecule has 0 fully saturated rings. The molecule has 0 radical (unpaired) electrons. The van der Waals surface area contributed by atoms with Gasteiger partial charge in [-0.25, -0.2) is 0 Å². The van der Waals surface area contributed by atoms with Crippen LogP contribution in [0.15, 0.2) is 11.4 Å². The van der Waals surface area contributed by atoms with Gasteiger partial charge in [-0.2, -0.15) is 5.26 Å². The number of hydrogen-bond acceptors (Lipinski definition) is 3. The van der Waals surface area contributed by atoms with E-state index in [1.165, 1.54) is 7.05 Å². The first-order valence-electron chi connectivity index (χ1n) is 3.75. The van der Waals surface area contributed by atoms with Gasteiger partial charge in [0.15, 0.2) is 0 Å². The van der Waals surface area contributed by atoms with Crippen LogP contribution in [-0.4, -0.2) is 9.67 Å². The first kappa shape index (κ1) is 9.85. The van der Waals surface area contributed by atoms with E-state index in [-0.39, 0.29) is 21.9 Å². The normalized spacial score (nSPS) is 9.14. The summed E-state index contributed by atoms with van der Waals surface area (Å²) in [5.41, 5.74) is 1.90. The molecule has 0 saturated carbocycles. The van der Waals surface area contributed by atoms with Crippen LogP contribution in [-0.2, 0) is 7.05 Å². The maximum absolute atomic E-state index is 11.5. The molecule has 70 valence electrons. The SMILES string of the molecule is C=C=c1c(=C)c(C#N)c(O)n(C)c1=O. The fourth-order valence-corrected chi connectivity index (χ4v) is 1.12. The van der Waals surface area contributed by atoms with Crippen LogP contribution < -0.4 is 16.0 Å². The largest absolute Gasteiger partial charge is 0.493 e. The minimum Gasteiger partial charge on any atom is -0.493 e. The van der Waals surface area contributed by atoms with Crippen LogP contribution in [0.4, 0.5) is 0 Å². The van der Waals surface area contributed by atoms with Gasteiger partial charge in [-0.1, -0.05) is 13.2 Å². The van der Waals surface area contributed by atoms with E-state index in [0.717, 1.165) is 4.57 Å². The number of pyridine rings is 1. The number of rotatable bonds is 0. The van der Waals surface area contributed by atoms with E-state index < -0.39 is 5.56 Å². The zero-order chi connectivity index (χ0) is 10.9. The van der Waals surface area contributed by atoms with E-state index in [4.69, 9.17) is 5.26 Å². The molecule has 1 rings (SSSR count). The van der Waals surface area contributed by atoms with E-state index in [2.05, 4.69) is 18.9 Å². The van der Waals surface area contributed by atoms with E-state index in [9.17, 15) is 9.90 Å². The Morgan fingerprint density at radius 2 is 2.14 bits per heavy atom. The summed E-state index contributed by atoms with van der Waals surface area (Å²) in [5, 5.41) is 18.4. The summed E-state index contributed by atoms with van der Waals surface area (Å²) in [6, 6.07) is 1.77. The highest BCUT2D eigenvalue weighted by molar-refractivity contribution is 5.41. The van der Waals surface area contributed by atoms with Gasteiger partial charge < -0.3 is 5.11 Å². The van der Waals surface area contributed by atoms with Crippen LogP contribution in [0.2, 0.25) is 0 Å². The van der Waals surface area contributed by atoms with Crippen molar-refractivity contribution >= 4 is 12.3 Å². The van der Waals surface area contributed by atoms with Crippen molar-refractivity contribution in [2.24, 2.45) is 7.05 Å². The molecule has 0 amide bonds. The standard InChI is InChI=1S/C10H8N2O2/c1-4-7-6(2)8(5-11)10(14)12(3)9(7)13/h14H,1-2H2,3H3. The molecule has 0 aromatic carbocycles. The van der Waals surface area contributed by atoms with Gasteiger partial charge in [0, 0.05) is 12.3 Å². The monoisotopic (exact) mass is 188 g/mol. The van der Waals surface area contributed by atoms with Crippen molar-refractivity contribution in [2.45, 2.75) is 0 Å². The van der Waals surface area contributed by atoms with Crippen LogP contribution >= 0.6 is 0 Å². The third kappa shape index (κ3) is 1.13. The maximum atomic E-state index is 11.5. The Balaban J connectivity index is 4.19. The summed E-state index contributed by atoms with van der Waals surface area (Å²) >= 11 is 0. The Morgan fingerprint density at radius 3 is 2.57 bits per heavy atom. The van der Waals surface area contributed by atoms with Crippen molar-refractivity contribution in [3.8, 4) is 11.9 Å². The Bertz CT molecular complexity index is 613. The fraction of sp³-hybridized carbons (Fsp3) is 0.100. The molecule has 1 aromatic rings. The summed E-state index contributed by atoms with van der Waals surface area (Å²) in [4.78, 5) is 11.5. The van der Waals surface area contributed by atoms with Crippen LogP contribution in [0.25, 0.3) is 12.3 Å². The second-order valence-corrected chi connectivity index (χ2v) is 2.70. The molecule has 1 heterocycles. The number of nitrogens with zero attached hydrogens (tertiary/aromatic N) is 2. The van der Waals surface area contributed by atoms with E-state index in [1.807, 2.05) is 0 Å². The lowest BCUT2D eigenvalue weighted by Gasteiger charge is -2.02. The quantitative estimate of drug-likeness (QED) is 0.564. The molecule has 0 atom stereocenters. The molecule has 0 aliphatic rings. The molecule has 0 bridgehead atoms. The molecule has 4 heteroatoms. The Morgan fingerprint density at radius 1 is 1.57 bits per heavy atom. The third-order valence-corrected chi connectivity index (χ3v) is 1.95. The summed E-state index contributed by atoms with van der Waals surface area (Å²) in [7, 11) is 1.36. The maximum Gasteiger partial charge on any atom is 0.268 e. The Kier molecular flexibility index (Phi) is 2.29. The van der Waals surface area contributed by atoms with Crippen molar-refractivity contribution in [3.63, 3.8) is 0 Å². The molecule has 0 aliphatic heterocycles. The van der Waals surface area contributed by atoms with E-state index in [1.54, 1.807) is 6.07 Å². The molecule has 1 N–H and O–H groups in total. The van der Waals surface area contributed by atoms with Crippen molar-refractivity contribution in [2.75, 3.05) is 0 Å². The molecule has 4 nitrogen and oxygen atoms in total. The van der Waals surface area contributed by atoms with Crippen molar-refractivity contribution < 1.29 is 5.11 Å². The van der Waals surface area contributed by atoms with Crippen LogP contribution in [0, 0.1) is 11.3 Å². The molecule has 1 aromatic heterocycles. The number of hydrogen-bond donors (Lipinski definition) is 1. The van der Waals surface area contributed by atoms with Gasteiger partial charge in [0.2, 0.25) is 5.88 Å². The fourth-order valence-electron chi connectivity index (χ4n) is 1.12. The summed E-state index contributed by atoms with van der Waals surface area (Å²) in [6.45, 7) is 6.86. The third-order valence-electron chi connectivity index (χ3n) is 1.95. The summed E-state index contributed by atoms with van der Waals surface area (Å²) in [5.74, 6) is -0.387. The first-order chi connectivity index (χ1) is 6.54. The lowest BCUT2D eigenvalue weighted by atomic mass is 10.2. The first-order valence-corrected chi connectivity index (χ1v) is 3.75. The molecule has 0 saturated heterocycles. The van der Waals surface area contributed by atoms with Gasteiger partial charge in [0.05, 0.1) is 5.22 Å². The number of aromatic hydroxyl groups is 1. The molecular formula is C10H8N2O2. The van der Waals surface area contributed by atoms with Crippen LogP contribution in [0.3, 0.4) is 0 Å². The van der Waals surface area contributed by atoms with Crippen molar-refractivity contribution in [3.05, 3.63) is 32.9 Å². The molecule has 14 heavy (non-hydrogen) atoms. The van der Waals surface area contributed by atoms with E-state index >= 15 is 0 Å². The topological polar surface area (TPSA) is 66.0 Å². The average molecular weight is 188 g/mol. The molecule has 0 spiro atoms. The minimum absolute atomic E-state index is 0.0294. The van der Waals surface area contributed by atoms with Gasteiger partial charge in [-0.05, 0) is 0 Å². The predicted octanol–water partition coefficient (Wildman–Crippen LogP) is -1.06. The number of aromatic nitrogens is 1. The van der Waals surface area contributed by atoms with Gasteiger partial charge in [-0.15, -0.1) is 5.73 Å². The second-order valence-electron chi connectivity index (χ2n) is 2.70. The zero-order valence-electron chi connectivity index (χ0n) is 7.66. The zero-order valence-corrected chi connectivity index (χ0v) is 7.66. The average Bonchev–Trinajstić information content (AvgIpc) is 2.16. The lowest BCUT2D eigenvalue weighted by Crippen LogP contribution is -2.44. The van der Waals surface area contributed by atoms with E-state index in [0.29, 0.717) is 0 Å². The van der Waals surface area contributed by atoms with Gasteiger partial charge in [-0.3, -0.25) is 9.36 Å². The molecule has 0 aliphatic carbocycles. The highest BCUT2D eigenvalue weighted by Crippen LogP contribution is 2.04. The summed E-state index contributed by atoms with van der Waals surface area (Å²) in [6.07, 6.45) is 0. The lowest BCUT2D eigenvalue weighted by molar-refractivity contribution is 0.420. The second kappa shape index (κ2) is 3.25. The predicted molar refractivity (Wildman–Crippen MR) is 51.9 cm³/mol. The van der Waals surface area contributed by atoms with Crippen LogP contribution in [0.5, 0.6) is 5.88 Å². The smallest absolute Gasteiger partial charge is 0.268 e. The van der Waals surface area contributed by atoms with Gasteiger partial charge in [0.1, 0.15) is 11.6 Å². The highest BCUT2D eigenvalue weighted by atomic mass is 16.3.